The Kier molecular flexibility index (Phi) is 5.55. The van der Waals surface area contributed by atoms with Crippen LogP contribution >= 0.6 is 0 Å². The molecule has 0 bridgehead atoms. The monoisotopic (exact) mass is 279 g/mol. The van der Waals surface area contributed by atoms with E-state index in [-0.39, 0.29) is 0 Å². The molecule has 0 heterocycles. The van der Waals surface area contributed by atoms with Crippen molar-refractivity contribution in [3.8, 4) is 0 Å². The number of ether oxygens (including phenoxy) is 2. The fourth-order valence-corrected chi connectivity index (χ4v) is 1.42. The molecule has 1 aromatic rings. The third-order valence-electron chi connectivity index (χ3n) is 2.18. The summed E-state index contributed by atoms with van der Waals surface area (Å²) in [5, 5.41) is 2.58. The van der Waals surface area contributed by atoms with Gasteiger partial charge in [0.15, 0.2) is 0 Å². The van der Waals surface area contributed by atoms with E-state index >= 15 is 0 Å². The number of carbonyl (C=O) groups excluding carboxylic acids is 2. The Balaban J connectivity index is 2.68. The SMILES string of the molecule is CCCOC(=O)c1cccc(NC(=O)OC(C)(C)C)c1. The van der Waals surface area contributed by atoms with Gasteiger partial charge in [0, 0.05) is 5.69 Å². The van der Waals surface area contributed by atoms with Crippen LogP contribution in [0.1, 0.15) is 44.5 Å². The van der Waals surface area contributed by atoms with Gasteiger partial charge < -0.3 is 9.47 Å². The Labute approximate surface area is 119 Å². The van der Waals surface area contributed by atoms with Crippen LogP contribution < -0.4 is 5.32 Å². The van der Waals surface area contributed by atoms with Crippen molar-refractivity contribution in [3.05, 3.63) is 29.8 Å². The van der Waals surface area contributed by atoms with Gasteiger partial charge in [-0.1, -0.05) is 13.0 Å². The molecule has 0 aliphatic heterocycles. The summed E-state index contributed by atoms with van der Waals surface area (Å²) in [4.78, 5) is 23.3. The van der Waals surface area contributed by atoms with Gasteiger partial charge in [-0.25, -0.2) is 9.59 Å². The maximum atomic E-state index is 11.7. The smallest absolute Gasteiger partial charge is 0.412 e. The molecule has 0 atom stereocenters. The highest BCUT2D eigenvalue weighted by Gasteiger charge is 2.16. The first-order valence-corrected chi connectivity index (χ1v) is 6.59. The highest BCUT2D eigenvalue weighted by Crippen LogP contribution is 2.14. The van der Waals surface area contributed by atoms with Crippen molar-refractivity contribution in [2.75, 3.05) is 11.9 Å². The lowest BCUT2D eigenvalue weighted by Crippen LogP contribution is -2.27. The molecule has 5 heteroatoms. The topological polar surface area (TPSA) is 64.6 Å². The van der Waals surface area contributed by atoms with E-state index in [0.29, 0.717) is 17.9 Å². The third kappa shape index (κ3) is 5.73. The number of esters is 1. The second-order valence-corrected chi connectivity index (χ2v) is 5.34. The quantitative estimate of drug-likeness (QED) is 0.855. The molecular formula is C15H21NO4. The van der Waals surface area contributed by atoms with E-state index in [2.05, 4.69) is 5.32 Å². The average molecular weight is 279 g/mol. The fraction of sp³-hybridized carbons (Fsp3) is 0.467. The van der Waals surface area contributed by atoms with E-state index in [1.807, 2.05) is 6.92 Å². The average Bonchev–Trinajstić information content (AvgIpc) is 2.33. The van der Waals surface area contributed by atoms with Gasteiger partial charge in [-0.05, 0) is 45.4 Å². The molecule has 20 heavy (non-hydrogen) atoms. The maximum absolute atomic E-state index is 11.7. The highest BCUT2D eigenvalue weighted by atomic mass is 16.6. The van der Waals surface area contributed by atoms with Crippen LogP contribution in [-0.2, 0) is 9.47 Å². The molecule has 1 aromatic carbocycles. The molecule has 110 valence electrons. The lowest BCUT2D eigenvalue weighted by atomic mass is 10.2. The molecule has 0 saturated heterocycles. The Hall–Kier alpha value is -2.04. The Bertz CT molecular complexity index is 477. The van der Waals surface area contributed by atoms with E-state index in [1.54, 1.807) is 45.0 Å². The van der Waals surface area contributed by atoms with Crippen molar-refractivity contribution in [2.45, 2.75) is 39.7 Å². The zero-order valence-corrected chi connectivity index (χ0v) is 12.4. The number of nitrogens with one attached hydrogen (secondary N) is 1. The highest BCUT2D eigenvalue weighted by molar-refractivity contribution is 5.92. The molecule has 0 aromatic heterocycles. The van der Waals surface area contributed by atoms with Crippen LogP contribution in [0.25, 0.3) is 0 Å². The first kappa shape index (κ1) is 16.0. The van der Waals surface area contributed by atoms with Crippen molar-refractivity contribution < 1.29 is 19.1 Å². The van der Waals surface area contributed by atoms with Crippen LogP contribution in [-0.4, -0.2) is 24.3 Å². The normalized spacial score (nSPS) is 10.8. The van der Waals surface area contributed by atoms with Crippen molar-refractivity contribution >= 4 is 17.7 Å². The zero-order valence-electron chi connectivity index (χ0n) is 12.4. The molecular weight excluding hydrogens is 258 g/mol. The van der Waals surface area contributed by atoms with Crippen molar-refractivity contribution in [1.82, 2.24) is 0 Å². The van der Waals surface area contributed by atoms with Gasteiger partial charge in [0.05, 0.1) is 12.2 Å². The second kappa shape index (κ2) is 6.93. The summed E-state index contributed by atoms with van der Waals surface area (Å²) in [6, 6.07) is 6.55. The summed E-state index contributed by atoms with van der Waals surface area (Å²) in [6.45, 7) is 7.65. The number of carbonyl (C=O) groups is 2. The van der Waals surface area contributed by atoms with Crippen LogP contribution in [0.3, 0.4) is 0 Å². The van der Waals surface area contributed by atoms with Crippen LogP contribution in [0.4, 0.5) is 10.5 Å². The molecule has 1 rings (SSSR count). The van der Waals surface area contributed by atoms with Crippen LogP contribution in [0.5, 0.6) is 0 Å². The molecule has 0 aliphatic carbocycles. The van der Waals surface area contributed by atoms with Crippen molar-refractivity contribution in [1.29, 1.82) is 0 Å². The Morgan fingerprint density at radius 2 is 1.95 bits per heavy atom. The molecule has 1 N–H and O–H groups in total. The maximum Gasteiger partial charge on any atom is 0.412 e. The van der Waals surface area contributed by atoms with Crippen LogP contribution in [0.2, 0.25) is 0 Å². The minimum Gasteiger partial charge on any atom is -0.462 e. The minimum atomic E-state index is -0.568. The standard InChI is InChI=1S/C15H21NO4/c1-5-9-19-13(17)11-7-6-8-12(10-11)16-14(18)20-15(2,3)4/h6-8,10H,5,9H2,1-4H3,(H,16,18). The number of amides is 1. The summed E-state index contributed by atoms with van der Waals surface area (Å²) < 4.78 is 10.2. The lowest BCUT2D eigenvalue weighted by Gasteiger charge is -2.19. The van der Waals surface area contributed by atoms with E-state index < -0.39 is 17.7 Å². The van der Waals surface area contributed by atoms with E-state index in [0.717, 1.165) is 6.42 Å². The number of hydrogen-bond acceptors (Lipinski definition) is 4. The van der Waals surface area contributed by atoms with E-state index in [1.165, 1.54) is 0 Å². The van der Waals surface area contributed by atoms with Gasteiger partial charge in [-0.3, -0.25) is 5.32 Å². The van der Waals surface area contributed by atoms with Gasteiger partial charge in [0.1, 0.15) is 5.60 Å². The Morgan fingerprint density at radius 3 is 2.55 bits per heavy atom. The zero-order chi connectivity index (χ0) is 15.2. The molecule has 0 radical (unpaired) electrons. The molecule has 0 fully saturated rings. The van der Waals surface area contributed by atoms with Crippen LogP contribution in [0.15, 0.2) is 24.3 Å². The fourth-order valence-electron chi connectivity index (χ4n) is 1.42. The number of anilines is 1. The largest absolute Gasteiger partial charge is 0.462 e. The van der Waals surface area contributed by atoms with Gasteiger partial charge in [0.25, 0.3) is 0 Å². The predicted molar refractivity (Wildman–Crippen MR) is 76.9 cm³/mol. The van der Waals surface area contributed by atoms with E-state index in [9.17, 15) is 9.59 Å². The Morgan fingerprint density at radius 1 is 1.25 bits per heavy atom. The van der Waals surface area contributed by atoms with Crippen LogP contribution in [0, 0.1) is 0 Å². The molecule has 0 spiro atoms. The summed E-state index contributed by atoms with van der Waals surface area (Å²) in [5.41, 5.74) is 0.319. The summed E-state index contributed by atoms with van der Waals surface area (Å²) in [7, 11) is 0. The number of rotatable bonds is 4. The van der Waals surface area contributed by atoms with E-state index in [4.69, 9.17) is 9.47 Å². The molecule has 0 saturated carbocycles. The van der Waals surface area contributed by atoms with Gasteiger partial charge >= 0.3 is 12.1 Å². The second-order valence-electron chi connectivity index (χ2n) is 5.34. The summed E-state index contributed by atoms with van der Waals surface area (Å²) >= 11 is 0. The van der Waals surface area contributed by atoms with Gasteiger partial charge in [-0.2, -0.15) is 0 Å². The summed E-state index contributed by atoms with van der Waals surface area (Å²) in [5.74, 6) is -0.403. The first-order valence-electron chi connectivity index (χ1n) is 6.59. The molecule has 0 aliphatic rings. The molecule has 1 amide bonds. The minimum absolute atomic E-state index is 0.378. The van der Waals surface area contributed by atoms with Gasteiger partial charge in [-0.15, -0.1) is 0 Å². The number of hydrogen-bond donors (Lipinski definition) is 1. The third-order valence-corrected chi connectivity index (χ3v) is 2.18. The lowest BCUT2D eigenvalue weighted by molar-refractivity contribution is 0.0504. The molecule has 0 unspecified atom stereocenters. The molecule has 5 nitrogen and oxygen atoms in total. The van der Waals surface area contributed by atoms with Crippen molar-refractivity contribution in [3.63, 3.8) is 0 Å². The summed E-state index contributed by atoms with van der Waals surface area (Å²) in [6.07, 6.45) is 0.207. The number of benzene rings is 1. The first-order chi connectivity index (χ1) is 9.31. The predicted octanol–water partition coefficient (Wildman–Crippen LogP) is 3.60. The van der Waals surface area contributed by atoms with Gasteiger partial charge in [0.2, 0.25) is 0 Å². The van der Waals surface area contributed by atoms with Crippen molar-refractivity contribution in [2.24, 2.45) is 0 Å².